The number of aromatic nitrogens is 2. The van der Waals surface area contributed by atoms with Gasteiger partial charge in [0.2, 0.25) is 5.95 Å². The smallest absolute Gasteiger partial charge is 0.312 e. The van der Waals surface area contributed by atoms with Crippen LogP contribution in [0.4, 0.5) is 42.4 Å². The van der Waals surface area contributed by atoms with Crippen molar-refractivity contribution in [2.24, 2.45) is 0 Å². The van der Waals surface area contributed by atoms with Crippen molar-refractivity contribution in [1.29, 1.82) is 0 Å². The quantitative estimate of drug-likeness (QED) is 0.290. The van der Waals surface area contributed by atoms with Crippen LogP contribution in [0.15, 0.2) is 36.4 Å². The van der Waals surface area contributed by atoms with Gasteiger partial charge in [0.1, 0.15) is 5.82 Å². The number of anilines is 2. The average molecular weight is 543 g/mol. The summed E-state index contributed by atoms with van der Waals surface area (Å²) in [7, 11) is 0. The van der Waals surface area contributed by atoms with Crippen molar-refractivity contribution in [2.75, 3.05) is 18.0 Å². The second kappa shape index (κ2) is 10.6. The molecule has 38 heavy (non-hydrogen) atoms. The highest BCUT2D eigenvalue weighted by molar-refractivity contribution is 5.68. The molecule has 4 rings (SSSR count). The fraction of sp³-hybridized carbons (Fsp3) is 0.444. The molecule has 3 aromatic rings. The largest absolute Gasteiger partial charge is 0.435 e. The summed E-state index contributed by atoms with van der Waals surface area (Å²) >= 11 is 0. The van der Waals surface area contributed by atoms with Gasteiger partial charge in [-0.15, -0.1) is 0 Å². The number of hydrogen-bond donors (Lipinski definition) is 0. The van der Waals surface area contributed by atoms with Crippen molar-refractivity contribution in [2.45, 2.75) is 65.6 Å². The molecule has 0 spiro atoms. The zero-order valence-corrected chi connectivity index (χ0v) is 21.3. The van der Waals surface area contributed by atoms with E-state index in [4.69, 9.17) is 0 Å². The minimum absolute atomic E-state index is 0.0753. The molecular formula is C27H29F7N4. The summed E-state index contributed by atoms with van der Waals surface area (Å²) in [4.78, 5) is 7.11. The van der Waals surface area contributed by atoms with E-state index in [1.165, 1.54) is 33.7 Å². The van der Waals surface area contributed by atoms with E-state index in [2.05, 4.69) is 4.98 Å². The second-order valence-corrected chi connectivity index (χ2v) is 9.81. The lowest BCUT2D eigenvalue weighted by molar-refractivity contribution is -0.143. The summed E-state index contributed by atoms with van der Waals surface area (Å²) < 4.78 is 96.8. The first-order chi connectivity index (χ1) is 17.7. The van der Waals surface area contributed by atoms with E-state index in [1.807, 2.05) is 32.9 Å². The Morgan fingerprint density at radius 1 is 0.895 bits per heavy atom. The Balaban J connectivity index is 1.76. The van der Waals surface area contributed by atoms with Crippen LogP contribution in [0.25, 0.3) is 0 Å². The van der Waals surface area contributed by atoms with Crippen molar-refractivity contribution in [3.63, 3.8) is 0 Å². The molecular weight excluding hydrogens is 513 g/mol. The van der Waals surface area contributed by atoms with E-state index in [0.717, 1.165) is 22.4 Å². The number of aryl methyl sites for hydroxylation is 3. The van der Waals surface area contributed by atoms with Crippen molar-refractivity contribution >= 4 is 11.6 Å². The van der Waals surface area contributed by atoms with Crippen LogP contribution in [-0.2, 0) is 25.8 Å². The number of nitrogens with zero attached hydrogens (tertiary/aromatic N) is 4. The van der Waals surface area contributed by atoms with E-state index in [0.29, 0.717) is 18.5 Å². The monoisotopic (exact) mass is 542 g/mol. The summed E-state index contributed by atoms with van der Waals surface area (Å²) in [6.07, 6.45) is -9.93. The molecule has 206 valence electrons. The fourth-order valence-corrected chi connectivity index (χ4v) is 5.16. The molecule has 0 radical (unpaired) electrons. The van der Waals surface area contributed by atoms with E-state index in [1.54, 1.807) is 4.90 Å². The molecule has 11 heteroatoms. The Labute approximate surface area is 216 Å². The van der Waals surface area contributed by atoms with Crippen LogP contribution in [0, 0.1) is 26.6 Å². The number of alkyl halides is 6. The van der Waals surface area contributed by atoms with Crippen LogP contribution in [0.2, 0.25) is 0 Å². The first kappa shape index (κ1) is 27.9. The first-order valence-electron chi connectivity index (χ1n) is 12.3. The Morgan fingerprint density at radius 2 is 1.53 bits per heavy atom. The van der Waals surface area contributed by atoms with Gasteiger partial charge in [0.25, 0.3) is 0 Å². The van der Waals surface area contributed by atoms with Crippen molar-refractivity contribution in [3.8, 4) is 0 Å². The average Bonchev–Trinajstić information content (AvgIpc) is 3.17. The van der Waals surface area contributed by atoms with Gasteiger partial charge >= 0.3 is 12.4 Å². The highest BCUT2D eigenvalue weighted by atomic mass is 19.4. The van der Waals surface area contributed by atoms with Gasteiger partial charge in [0.15, 0.2) is 5.69 Å². The normalized spacial score (nSPS) is 14.3. The molecule has 0 N–H and O–H groups in total. The number of rotatable bonds is 7. The Kier molecular flexibility index (Phi) is 7.79. The van der Waals surface area contributed by atoms with E-state index < -0.39 is 43.4 Å². The lowest BCUT2D eigenvalue weighted by Crippen LogP contribution is -2.32. The second-order valence-electron chi connectivity index (χ2n) is 9.81. The number of benzene rings is 2. The number of imidazole rings is 1. The molecule has 0 saturated carbocycles. The molecule has 1 aliphatic rings. The molecule has 0 amide bonds. The molecule has 0 bridgehead atoms. The Morgan fingerprint density at radius 3 is 2.11 bits per heavy atom. The standard InChI is InChI=1S/C27H29F7N4/c1-17-13-18(2)23(19(3)14-17)38-11-4-10-37-22(24(27(32,33)34)35-25(37)38)16-36(12-9-26(29,30)31)15-20-5-7-21(28)8-6-20/h5-8,13-14H,4,9-12,15-16H2,1-3H3. The predicted molar refractivity (Wildman–Crippen MR) is 131 cm³/mol. The Hall–Kier alpha value is -3.08. The predicted octanol–water partition coefficient (Wildman–Crippen LogP) is 7.46. The first-order valence-corrected chi connectivity index (χ1v) is 12.3. The maximum absolute atomic E-state index is 14.2. The summed E-state index contributed by atoms with van der Waals surface area (Å²) in [6, 6.07) is 9.08. The fourth-order valence-electron chi connectivity index (χ4n) is 5.16. The molecule has 4 nitrogen and oxygen atoms in total. The zero-order chi connectivity index (χ0) is 27.8. The molecule has 2 heterocycles. The molecule has 0 saturated heterocycles. The highest BCUT2D eigenvalue weighted by Crippen LogP contribution is 2.40. The third-order valence-corrected chi connectivity index (χ3v) is 6.64. The summed E-state index contributed by atoms with van der Waals surface area (Å²) in [5, 5.41) is 0. The minimum atomic E-state index is -4.80. The molecule has 0 atom stereocenters. The van der Waals surface area contributed by atoms with Gasteiger partial charge in [-0.1, -0.05) is 29.8 Å². The van der Waals surface area contributed by atoms with Gasteiger partial charge in [0.05, 0.1) is 12.1 Å². The van der Waals surface area contributed by atoms with Crippen LogP contribution in [0.1, 0.15) is 46.5 Å². The topological polar surface area (TPSA) is 24.3 Å². The lowest BCUT2D eigenvalue weighted by atomic mass is 10.0. The van der Waals surface area contributed by atoms with Gasteiger partial charge in [-0.05, 0) is 56.0 Å². The SMILES string of the molecule is Cc1cc(C)c(N2CCCn3c2nc(C(F)(F)F)c3CN(CCC(F)(F)F)Cc2ccc(F)cc2)c(C)c1. The molecule has 0 unspecified atom stereocenters. The van der Waals surface area contributed by atoms with Gasteiger partial charge in [-0.25, -0.2) is 9.37 Å². The number of hydrogen-bond acceptors (Lipinski definition) is 3. The Bertz CT molecular complexity index is 1250. The summed E-state index contributed by atoms with van der Waals surface area (Å²) in [5.41, 5.74) is 2.83. The number of halogens is 7. The number of fused-ring (bicyclic) bond motifs is 1. The zero-order valence-electron chi connectivity index (χ0n) is 21.3. The van der Waals surface area contributed by atoms with Crippen molar-refractivity contribution in [3.05, 3.63) is 75.9 Å². The van der Waals surface area contributed by atoms with Gasteiger partial charge in [-0.2, -0.15) is 26.3 Å². The van der Waals surface area contributed by atoms with Crippen LogP contribution >= 0.6 is 0 Å². The van der Waals surface area contributed by atoms with Crippen molar-refractivity contribution < 1.29 is 30.7 Å². The summed E-state index contributed by atoms with van der Waals surface area (Å²) in [5.74, 6) is -0.382. The van der Waals surface area contributed by atoms with Crippen LogP contribution in [-0.4, -0.2) is 33.7 Å². The third kappa shape index (κ3) is 6.31. The van der Waals surface area contributed by atoms with Crippen LogP contribution < -0.4 is 4.90 Å². The highest BCUT2D eigenvalue weighted by Gasteiger charge is 2.41. The molecule has 0 aliphatic carbocycles. The lowest BCUT2D eigenvalue weighted by Gasteiger charge is -2.33. The van der Waals surface area contributed by atoms with E-state index in [9.17, 15) is 30.7 Å². The molecule has 1 aromatic heterocycles. The van der Waals surface area contributed by atoms with Crippen molar-refractivity contribution in [1.82, 2.24) is 14.5 Å². The van der Waals surface area contributed by atoms with E-state index >= 15 is 0 Å². The maximum Gasteiger partial charge on any atom is 0.435 e. The van der Waals surface area contributed by atoms with Gasteiger partial charge in [0, 0.05) is 38.4 Å². The van der Waals surface area contributed by atoms with Gasteiger partial charge < -0.3 is 9.47 Å². The van der Waals surface area contributed by atoms with Gasteiger partial charge in [-0.3, -0.25) is 4.90 Å². The summed E-state index contributed by atoms with van der Waals surface area (Å²) in [6.45, 7) is 5.47. The van der Waals surface area contributed by atoms with E-state index in [-0.39, 0.29) is 24.7 Å². The van der Waals surface area contributed by atoms with Crippen LogP contribution in [0.3, 0.4) is 0 Å². The molecule has 0 fully saturated rings. The maximum atomic E-state index is 14.2. The molecule has 2 aromatic carbocycles. The minimum Gasteiger partial charge on any atom is -0.312 e. The third-order valence-electron chi connectivity index (χ3n) is 6.64. The van der Waals surface area contributed by atoms with Crippen LogP contribution in [0.5, 0.6) is 0 Å². The molecule has 1 aliphatic heterocycles.